The molecule has 6 heteroatoms. The van der Waals surface area contributed by atoms with Gasteiger partial charge in [0.25, 0.3) is 10.1 Å². The Morgan fingerprint density at radius 1 is 1.23 bits per heavy atom. The van der Waals surface area contributed by atoms with Gasteiger partial charge in [-0.1, -0.05) is 26.2 Å². The molecule has 0 aliphatic carbocycles. The van der Waals surface area contributed by atoms with Crippen LogP contribution >= 0.6 is 0 Å². The van der Waals surface area contributed by atoms with E-state index in [0.29, 0.717) is 6.42 Å². The third kappa shape index (κ3) is 9.18. The summed E-state index contributed by atoms with van der Waals surface area (Å²) >= 11 is 0. The predicted octanol–water partition coefficient (Wildman–Crippen LogP) is 0.514. The maximum absolute atomic E-state index is 10.3. The SMILES string of the molecule is CCCCCCC(O)S(=O)(=O)O.[NaH]. The first kappa shape index (κ1) is 16.3. The summed E-state index contributed by atoms with van der Waals surface area (Å²) in [4.78, 5) is 0. The Bertz CT molecular complexity index is 203. The molecule has 0 spiro atoms. The Kier molecular flexibility index (Phi) is 10.3. The number of aliphatic hydroxyl groups excluding tert-OH is 1. The molecule has 0 aliphatic heterocycles. The van der Waals surface area contributed by atoms with Crippen molar-refractivity contribution in [1.29, 1.82) is 0 Å². The molecular formula is C7H17NaO4S. The van der Waals surface area contributed by atoms with Gasteiger partial charge in [0.05, 0.1) is 0 Å². The van der Waals surface area contributed by atoms with Crippen LogP contribution in [0.2, 0.25) is 0 Å². The van der Waals surface area contributed by atoms with Gasteiger partial charge in [0.1, 0.15) is 0 Å². The Balaban J connectivity index is 0. The molecule has 1 unspecified atom stereocenters. The molecule has 76 valence electrons. The fourth-order valence-electron chi connectivity index (χ4n) is 0.895. The zero-order valence-electron chi connectivity index (χ0n) is 7.23. The molecule has 0 rings (SSSR count). The minimum absolute atomic E-state index is 0. The van der Waals surface area contributed by atoms with E-state index < -0.39 is 15.6 Å². The van der Waals surface area contributed by atoms with Gasteiger partial charge in [0.2, 0.25) is 0 Å². The quantitative estimate of drug-likeness (QED) is 0.388. The molecule has 0 aliphatic rings. The molecule has 0 bridgehead atoms. The number of rotatable bonds is 6. The van der Waals surface area contributed by atoms with E-state index in [1.807, 2.05) is 6.92 Å². The van der Waals surface area contributed by atoms with Crippen molar-refractivity contribution in [3.63, 3.8) is 0 Å². The van der Waals surface area contributed by atoms with E-state index in [-0.39, 0.29) is 36.0 Å². The van der Waals surface area contributed by atoms with Crippen molar-refractivity contribution in [3.8, 4) is 0 Å². The number of unbranched alkanes of at least 4 members (excludes halogenated alkanes) is 3. The van der Waals surface area contributed by atoms with E-state index in [2.05, 4.69) is 0 Å². The van der Waals surface area contributed by atoms with Gasteiger partial charge in [-0.3, -0.25) is 4.55 Å². The van der Waals surface area contributed by atoms with Crippen molar-refractivity contribution in [2.45, 2.75) is 44.5 Å². The second-order valence-corrected chi connectivity index (χ2v) is 4.39. The average molecular weight is 220 g/mol. The molecule has 2 N–H and O–H groups in total. The summed E-state index contributed by atoms with van der Waals surface area (Å²) < 4.78 is 29.0. The zero-order valence-corrected chi connectivity index (χ0v) is 8.05. The van der Waals surface area contributed by atoms with Gasteiger partial charge in [-0.05, 0) is 12.8 Å². The Labute approximate surface area is 102 Å². The summed E-state index contributed by atoms with van der Waals surface area (Å²) in [5.41, 5.74) is -1.60. The molecule has 13 heavy (non-hydrogen) atoms. The second kappa shape index (κ2) is 8.20. The van der Waals surface area contributed by atoms with E-state index in [1.54, 1.807) is 0 Å². The van der Waals surface area contributed by atoms with Gasteiger partial charge in [0, 0.05) is 0 Å². The van der Waals surface area contributed by atoms with Crippen LogP contribution in [0.15, 0.2) is 0 Å². The average Bonchev–Trinajstić information content (AvgIpc) is 1.96. The van der Waals surface area contributed by atoms with Crippen LogP contribution in [0.1, 0.15) is 39.0 Å². The van der Waals surface area contributed by atoms with Crippen molar-refractivity contribution in [2.24, 2.45) is 0 Å². The van der Waals surface area contributed by atoms with Gasteiger partial charge in [-0.2, -0.15) is 8.42 Å². The summed E-state index contributed by atoms with van der Waals surface area (Å²) in [6.07, 6.45) is 3.73. The molecule has 1 atom stereocenters. The molecule has 0 radical (unpaired) electrons. The van der Waals surface area contributed by atoms with E-state index in [9.17, 15) is 8.42 Å². The number of hydrogen-bond acceptors (Lipinski definition) is 3. The zero-order chi connectivity index (χ0) is 9.61. The second-order valence-electron chi connectivity index (χ2n) is 2.82. The Hall–Kier alpha value is 0.870. The first-order chi connectivity index (χ1) is 5.48. The number of hydrogen-bond donors (Lipinski definition) is 2. The molecule has 0 amide bonds. The van der Waals surface area contributed by atoms with Gasteiger partial charge < -0.3 is 5.11 Å². The molecule has 0 saturated carbocycles. The first-order valence-corrected chi connectivity index (χ1v) is 5.63. The van der Waals surface area contributed by atoms with Gasteiger partial charge >= 0.3 is 29.6 Å². The van der Waals surface area contributed by atoms with E-state index >= 15 is 0 Å². The molecule has 0 aromatic heterocycles. The normalized spacial score (nSPS) is 13.5. The fourth-order valence-corrected chi connectivity index (χ4v) is 1.36. The van der Waals surface area contributed by atoms with Crippen molar-refractivity contribution >= 4 is 39.7 Å². The fraction of sp³-hybridized carbons (Fsp3) is 1.00. The van der Waals surface area contributed by atoms with E-state index in [4.69, 9.17) is 9.66 Å². The Morgan fingerprint density at radius 3 is 2.15 bits per heavy atom. The van der Waals surface area contributed by atoms with E-state index in [0.717, 1.165) is 19.3 Å². The Morgan fingerprint density at radius 2 is 1.77 bits per heavy atom. The molecule has 0 saturated heterocycles. The van der Waals surface area contributed by atoms with Crippen molar-refractivity contribution in [1.82, 2.24) is 0 Å². The summed E-state index contributed by atoms with van der Waals surface area (Å²) in [6, 6.07) is 0. The monoisotopic (exact) mass is 220 g/mol. The van der Waals surface area contributed by atoms with Crippen LogP contribution in [0.5, 0.6) is 0 Å². The number of aliphatic hydroxyl groups is 1. The first-order valence-electron chi connectivity index (χ1n) is 4.13. The molecule has 0 aromatic rings. The molecular weight excluding hydrogens is 203 g/mol. The van der Waals surface area contributed by atoms with Crippen LogP contribution in [0.25, 0.3) is 0 Å². The maximum atomic E-state index is 10.3. The van der Waals surface area contributed by atoms with Crippen molar-refractivity contribution in [2.75, 3.05) is 0 Å². The van der Waals surface area contributed by atoms with Gasteiger partial charge in [0.15, 0.2) is 5.44 Å². The predicted molar refractivity (Wildman–Crippen MR) is 53.5 cm³/mol. The molecule has 4 nitrogen and oxygen atoms in total. The minimum atomic E-state index is -4.23. The summed E-state index contributed by atoms with van der Waals surface area (Å²) in [7, 11) is -4.23. The van der Waals surface area contributed by atoms with Crippen LogP contribution in [0.3, 0.4) is 0 Å². The van der Waals surface area contributed by atoms with Gasteiger partial charge in [-0.15, -0.1) is 0 Å². The van der Waals surface area contributed by atoms with Crippen LogP contribution in [-0.4, -0.2) is 53.1 Å². The van der Waals surface area contributed by atoms with Crippen LogP contribution in [0, 0.1) is 0 Å². The summed E-state index contributed by atoms with van der Waals surface area (Å²) in [5.74, 6) is 0. The van der Waals surface area contributed by atoms with Crippen molar-refractivity contribution < 1.29 is 18.1 Å². The molecule has 0 fully saturated rings. The van der Waals surface area contributed by atoms with E-state index in [1.165, 1.54) is 0 Å². The summed E-state index contributed by atoms with van der Waals surface area (Å²) in [5, 5.41) is 8.85. The third-order valence-electron chi connectivity index (χ3n) is 1.65. The van der Waals surface area contributed by atoms with Crippen LogP contribution in [0.4, 0.5) is 0 Å². The third-order valence-corrected chi connectivity index (χ3v) is 2.57. The standard InChI is InChI=1S/C7H16O4S.Na.H/c1-2-3-4-5-6-7(8)12(9,10)11;;/h7-8H,2-6H2,1H3,(H,9,10,11);;. The van der Waals surface area contributed by atoms with Crippen LogP contribution in [-0.2, 0) is 10.1 Å². The molecule has 0 aromatic carbocycles. The van der Waals surface area contributed by atoms with Gasteiger partial charge in [-0.25, -0.2) is 0 Å². The van der Waals surface area contributed by atoms with Crippen LogP contribution < -0.4 is 0 Å². The summed E-state index contributed by atoms with van der Waals surface area (Å²) in [6.45, 7) is 2.04. The molecule has 0 heterocycles. The van der Waals surface area contributed by atoms with Crippen molar-refractivity contribution in [3.05, 3.63) is 0 Å². The topological polar surface area (TPSA) is 74.6 Å².